The summed E-state index contributed by atoms with van der Waals surface area (Å²) in [6, 6.07) is 0.156. The normalized spacial score (nSPS) is 15.2. The van der Waals surface area contributed by atoms with Crippen molar-refractivity contribution in [2.24, 2.45) is 0 Å². The van der Waals surface area contributed by atoms with E-state index in [4.69, 9.17) is 4.74 Å². The van der Waals surface area contributed by atoms with E-state index in [1.807, 2.05) is 20.8 Å². The van der Waals surface area contributed by atoms with Gasteiger partial charge in [-0.25, -0.2) is 0 Å². The molecule has 0 aliphatic rings. The molecule has 5 heteroatoms. The van der Waals surface area contributed by atoms with Gasteiger partial charge in [0.15, 0.2) is 0 Å². The summed E-state index contributed by atoms with van der Waals surface area (Å²) in [4.78, 5) is 0. The van der Waals surface area contributed by atoms with Crippen LogP contribution in [0.4, 0.5) is 13.2 Å². The van der Waals surface area contributed by atoms with Crippen LogP contribution in [0.15, 0.2) is 0 Å². The average molecular weight is 241 g/mol. The Balaban J connectivity index is 3.63. The van der Waals surface area contributed by atoms with Gasteiger partial charge in [0, 0.05) is 19.6 Å². The molecule has 0 aromatic carbocycles. The number of hydrogen-bond acceptors (Lipinski definition) is 2. The fraction of sp³-hybridized carbons (Fsp3) is 1.00. The highest BCUT2D eigenvalue weighted by Gasteiger charge is 2.26. The lowest BCUT2D eigenvalue weighted by molar-refractivity contribution is -0.135. The van der Waals surface area contributed by atoms with Gasteiger partial charge >= 0.3 is 6.18 Å². The third kappa shape index (κ3) is 8.97. The third-order valence-corrected chi connectivity index (χ3v) is 2.48. The van der Waals surface area contributed by atoms with E-state index in [-0.39, 0.29) is 18.1 Å². The maximum Gasteiger partial charge on any atom is 0.389 e. The van der Waals surface area contributed by atoms with Crippen molar-refractivity contribution in [1.29, 1.82) is 0 Å². The molecule has 0 aromatic heterocycles. The third-order valence-electron chi connectivity index (χ3n) is 2.48. The lowest BCUT2D eigenvalue weighted by atomic mass is 10.00. The number of halogens is 3. The van der Waals surface area contributed by atoms with E-state index in [2.05, 4.69) is 5.32 Å². The molecule has 0 fully saturated rings. The first-order chi connectivity index (χ1) is 7.16. The molecule has 0 rings (SSSR count). The highest BCUT2D eigenvalue weighted by atomic mass is 19.4. The van der Waals surface area contributed by atoms with E-state index in [9.17, 15) is 13.2 Å². The second kappa shape index (κ2) is 6.45. The van der Waals surface area contributed by atoms with Crippen molar-refractivity contribution < 1.29 is 17.9 Å². The van der Waals surface area contributed by atoms with Crippen LogP contribution in [0, 0.1) is 0 Å². The highest BCUT2D eigenvalue weighted by molar-refractivity contribution is 4.75. The van der Waals surface area contributed by atoms with Crippen LogP contribution in [0.1, 0.15) is 40.0 Å². The van der Waals surface area contributed by atoms with Gasteiger partial charge in [0.1, 0.15) is 0 Å². The highest BCUT2D eigenvalue weighted by Crippen LogP contribution is 2.21. The van der Waals surface area contributed by atoms with E-state index < -0.39 is 12.6 Å². The van der Waals surface area contributed by atoms with Crippen molar-refractivity contribution in [1.82, 2.24) is 5.32 Å². The Hall–Kier alpha value is -0.290. The fourth-order valence-electron chi connectivity index (χ4n) is 1.53. The van der Waals surface area contributed by atoms with Crippen molar-refractivity contribution in [2.45, 2.75) is 57.9 Å². The minimum atomic E-state index is -4.04. The number of ether oxygens (including phenoxy) is 1. The molecule has 98 valence electrons. The Morgan fingerprint density at radius 1 is 1.25 bits per heavy atom. The summed E-state index contributed by atoms with van der Waals surface area (Å²) in [5.41, 5.74) is -0.240. The van der Waals surface area contributed by atoms with E-state index in [1.54, 1.807) is 7.11 Å². The predicted molar refractivity (Wildman–Crippen MR) is 58.5 cm³/mol. The van der Waals surface area contributed by atoms with Crippen molar-refractivity contribution in [3.63, 3.8) is 0 Å². The lowest BCUT2D eigenvalue weighted by Gasteiger charge is -2.27. The van der Waals surface area contributed by atoms with Gasteiger partial charge in [0.25, 0.3) is 0 Å². The molecule has 16 heavy (non-hydrogen) atoms. The molecule has 2 nitrogen and oxygen atoms in total. The average Bonchev–Trinajstić information content (AvgIpc) is 2.10. The van der Waals surface area contributed by atoms with Crippen LogP contribution in [-0.4, -0.2) is 31.5 Å². The van der Waals surface area contributed by atoms with E-state index in [0.29, 0.717) is 6.54 Å². The second-order valence-electron chi connectivity index (χ2n) is 4.74. The van der Waals surface area contributed by atoms with Crippen molar-refractivity contribution in [2.75, 3.05) is 13.7 Å². The van der Waals surface area contributed by atoms with Gasteiger partial charge < -0.3 is 10.1 Å². The van der Waals surface area contributed by atoms with Crippen molar-refractivity contribution >= 4 is 0 Å². The Morgan fingerprint density at radius 3 is 2.25 bits per heavy atom. The lowest BCUT2D eigenvalue weighted by Crippen LogP contribution is -2.36. The van der Waals surface area contributed by atoms with Crippen LogP contribution < -0.4 is 5.32 Å². The molecular formula is C11H22F3NO. The summed E-state index contributed by atoms with van der Waals surface area (Å²) in [7, 11) is 1.64. The Labute approximate surface area is 95.5 Å². The first-order valence-corrected chi connectivity index (χ1v) is 5.51. The molecule has 0 aliphatic carbocycles. The van der Waals surface area contributed by atoms with Crippen molar-refractivity contribution in [3.8, 4) is 0 Å². The quantitative estimate of drug-likeness (QED) is 0.691. The van der Waals surface area contributed by atoms with Gasteiger partial charge in [-0.3, -0.25) is 0 Å². The zero-order valence-electron chi connectivity index (χ0n) is 10.4. The minimum Gasteiger partial charge on any atom is -0.379 e. The molecule has 0 amide bonds. The Bertz CT molecular complexity index is 192. The van der Waals surface area contributed by atoms with Gasteiger partial charge in [-0.1, -0.05) is 0 Å². The zero-order valence-corrected chi connectivity index (χ0v) is 10.4. The maximum atomic E-state index is 11.9. The molecule has 0 radical (unpaired) electrons. The van der Waals surface area contributed by atoms with Gasteiger partial charge in [0.2, 0.25) is 0 Å². The SMILES string of the molecule is COC(C)(C)CC(C)NCCCC(F)(F)F. The molecule has 0 aromatic rings. The van der Waals surface area contributed by atoms with Crippen LogP contribution in [-0.2, 0) is 4.74 Å². The monoisotopic (exact) mass is 241 g/mol. The first kappa shape index (κ1) is 15.7. The molecule has 0 heterocycles. The molecule has 0 spiro atoms. The molecule has 0 aliphatic heterocycles. The summed E-state index contributed by atoms with van der Waals surface area (Å²) in [6.07, 6.45) is -3.87. The number of nitrogens with one attached hydrogen (secondary N) is 1. The van der Waals surface area contributed by atoms with E-state index >= 15 is 0 Å². The fourth-order valence-corrected chi connectivity index (χ4v) is 1.53. The maximum absolute atomic E-state index is 11.9. The summed E-state index contributed by atoms with van der Waals surface area (Å²) in [6.45, 7) is 6.26. The molecule has 0 bridgehead atoms. The van der Waals surface area contributed by atoms with E-state index in [0.717, 1.165) is 6.42 Å². The second-order valence-corrected chi connectivity index (χ2v) is 4.74. The minimum absolute atomic E-state index is 0.126. The zero-order chi connectivity index (χ0) is 12.8. The van der Waals surface area contributed by atoms with Crippen LogP contribution in [0.2, 0.25) is 0 Å². The number of methoxy groups -OCH3 is 1. The van der Waals surface area contributed by atoms with Gasteiger partial charge in [0.05, 0.1) is 5.60 Å². The van der Waals surface area contributed by atoms with Crippen molar-refractivity contribution in [3.05, 3.63) is 0 Å². The molecule has 0 saturated carbocycles. The Morgan fingerprint density at radius 2 is 1.81 bits per heavy atom. The van der Waals surface area contributed by atoms with Crippen LogP contribution in [0.25, 0.3) is 0 Å². The molecule has 1 atom stereocenters. The Kier molecular flexibility index (Phi) is 6.33. The summed E-state index contributed by atoms with van der Waals surface area (Å²) < 4.78 is 40.8. The number of rotatable bonds is 7. The smallest absolute Gasteiger partial charge is 0.379 e. The molecular weight excluding hydrogens is 219 g/mol. The first-order valence-electron chi connectivity index (χ1n) is 5.51. The number of hydrogen-bond donors (Lipinski definition) is 1. The molecule has 0 saturated heterocycles. The van der Waals surface area contributed by atoms with Gasteiger partial charge in [-0.2, -0.15) is 13.2 Å². The van der Waals surface area contributed by atoms with Crippen LogP contribution >= 0.6 is 0 Å². The standard InChI is InChI=1S/C11H22F3NO/c1-9(8-10(2,3)16-4)15-7-5-6-11(12,13)14/h9,15H,5-8H2,1-4H3. The van der Waals surface area contributed by atoms with Crippen LogP contribution in [0.5, 0.6) is 0 Å². The van der Waals surface area contributed by atoms with E-state index in [1.165, 1.54) is 0 Å². The topological polar surface area (TPSA) is 21.3 Å². The summed E-state index contributed by atoms with van der Waals surface area (Å²) in [5.74, 6) is 0. The van der Waals surface area contributed by atoms with Gasteiger partial charge in [-0.05, 0) is 40.2 Å². The molecule has 1 N–H and O–H groups in total. The largest absolute Gasteiger partial charge is 0.389 e. The summed E-state index contributed by atoms with van der Waals surface area (Å²) in [5, 5.41) is 3.07. The van der Waals surface area contributed by atoms with Gasteiger partial charge in [-0.15, -0.1) is 0 Å². The molecule has 1 unspecified atom stereocenters. The van der Waals surface area contributed by atoms with Crippen LogP contribution in [0.3, 0.4) is 0 Å². The number of alkyl halides is 3. The summed E-state index contributed by atoms with van der Waals surface area (Å²) >= 11 is 0. The predicted octanol–water partition coefficient (Wildman–Crippen LogP) is 3.12.